The first-order chi connectivity index (χ1) is 11.6. The third kappa shape index (κ3) is 5.24. The number of hydrogen-bond donors (Lipinski definition) is 3. The highest BCUT2D eigenvalue weighted by Gasteiger charge is 2.13. The molecule has 0 saturated heterocycles. The van der Waals surface area contributed by atoms with Gasteiger partial charge in [0.05, 0.1) is 6.26 Å². The molecule has 3 aromatic rings. The van der Waals surface area contributed by atoms with Crippen LogP contribution in [0.25, 0.3) is 22.6 Å². The smallest absolute Gasteiger partial charge is 0.394 e. The second kappa shape index (κ2) is 7.25. The molecule has 0 spiro atoms. The summed E-state index contributed by atoms with van der Waals surface area (Å²) in [5.74, 6) is 0.771. The maximum Gasteiger partial charge on any atom is 0.394 e. The molecule has 3 aromatic heterocycles. The van der Waals surface area contributed by atoms with Crippen molar-refractivity contribution in [1.29, 1.82) is 0 Å². The van der Waals surface area contributed by atoms with Crippen molar-refractivity contribution in [3.05, 3.63) is 53.3 Å². The summed E-state index contributed by atoms with van der Waals surface area (Å²) in [4.78, 5) is 19.7. The van der Waals surface area contributed by atoms with Crippen LogP contribution in [0.2, 0.25) is 0 Å². The van der Waals surface area contributed by atoms with Crippen LogP contribution in [-0.2, 0) is 17.4 Å². The number of anilines is 1. The second-order valence-corrected chi connectivity index (χ2v) is 5.68. The lowest BCUT2D eigenvalue weighted by Crippen LogP contribution is -2.14. The quantitative estimate of drug-likeness (QED) is 0.562. The van der Waals surface area contributed by atoms with E-state index in [9.17, 15) is 4.79 Å². The number of nitrogens with zero attached hydrogens (tertiary/aromatic N) is 3. The molecule has 132 valence electrons. The van der Waals surface area contributed by atoms with Gasteiger partial charge in [-0.05, 0) is 18.2 Å². The molecule has 0 fully saturated rings. The van der Waals surface area contributed by atoms with Gasteiger partial charge in [-0.15, -0.1) is 0 Å². The van der Waals surface area contributed by atoms with Crippen LogP contribution in [0.1, 0.15) is 0 Å². The minimum Gasteiger partial charge on any atom is -0.463 e. The molecule has 0 bridgehead atoms. The molecular weight excluding hydrogens is 352 g/mol. The van der Waals surface area contributed by atoms with Crippen LogP contribution in [0.4, 0.5) is 5.95 Å². The summed E-state index contributed by atoms with van der Waals surface area (Å²) in [6, 6.07) is 6.80. The van der Waals surface area contributed by atoms with E-state index in [4.69, 9.17) is 27.7 Å². The number of aromatic nitrogens is 3. The van der Waals surface area contributed by atoms with E-state index < -0.39 is 10.4 Å². The second-order valence-electron chi connectivity index (χ2n) is 4.78. The van der Waals surface area contributed by atoms with Crippen LogP contribution >= 0.6 is 0 Å². The normalized spacial score (nSPS) is 10.8. The van der Waals surface area contributed by atoms with Crippen LogP contribution in [0.3, 0.4) is 0 Å². The lowest BCUT2D eigenvalue weighted by molar-refractivity contribution is 0.381. The van der Waals surface area contributed by atoms with Crippen molar-refractivity contribution in [3.63, 3.8) is 0 Å². The van der Waals surface area contributed by atoms with E-state index >= 15 is 0 Å². The molecule has 10 nitrogen and oxygen atoms in total. The van der Waals surface area contributed by atoms with E-state index in [1.165, 1.54) is 10.6 Å². The Kier molecular flexibility index (Phi) is 5.32. The molecule has 0 amide bonds. The van der Waals surface area contributed by atoms with Crippen molar-refractivity contribution in [2.75, 3.05) is 5.73 Å². The first-order valence-electron chi connectivity index (χ1n) is 6.68. The van der Waals surface area contributed by atoms with Gasteiger partial charge < -0.3 is 14.7 Å². The average molecular weight is 366 g/mol. The van der Waals surface area contributed by atoms with Gasteiger partial charge in [-0.1, -0.05) is 0 Å². The number of rotatable bonds is 2. The molecule has 0 aliphatic rings. The Balaban J connectivity index is 0.000000399. The molecule has 0 atom stereocenters. The predicted molar refractivity (Wildman–Crippen MR) is 89.0 cm³/mol. The first kappa shape index (κ1) is 18.3. The minimum atomic E-state index is -4.67. The monoisotopic (exact) mass is 366 g/mol. The van der Waals surface area contributed by atoms with Crippen molar-refractivity contribution in [3.8, 4) is 22.6 Å². The minimum absolute atomic E-state index is 0.0790. The van der Waals surface area contributed by atoms with E-state index in [1.54, 1.807) is 43.9 Å². The van der Waals surface area contributed by atoms with Crippen LogP contribution in [-0.4, -0.2) is 32.1 Å². The van der Waals surface area contributed by atoms with Crippen LogP contribution in [0.5, 0.6) is 0 Å². The molecule has 11 heteroatoms. The van der Waals surface area contributed by atoms with Gasteiger partial charge in [-0.25, -0.2) is 9.97 Å². The summed E-state index contributed by atoms with van der Waals surface area (Å²) >= 11 is 0. The van der Waals surface area contributed by atoms with E-state index in [-0.39, 0.29) is 11.5 Å². The van der Waals surface area contributed by atoms with E-state index in [1.807, 2.05) is 0 Å². The zero-order valence-corrected chi connectivity index (χ0v) is 13.7. The standard InChI is InChI=1S/C14H12N4O2.H2O4S/c1-18-8-9(4-5-12(18)19)10-7-16-14(15)17-13(10)11-3-2-6-20-11;1-5(2,3)4/h2-8H,1H3,(H2,15,16,17);(H2,1,2,3,4). The highest BCUT2D eigenvalue weighted by molar-refractivity contribution is 7.79. The number of nitrogens with two attached hydrogens (primary N) is 1. The molecule has 3 rings (SSSR count). The zero-order valence-electron chi connectivity index (χ0n) is 12.9. The fourth-order valence-electron chi connectivity index (χ4n) is 1.96. The lowest BCUT2D eigenvalue weighted by Gasteiger charge is -2.08. The Hall–Kier alpha value is -3.02. The number of furan rings is 1. The number of hydrogen-bond acceptors (Lipinski definition) is 7. The Bertz CT molecular complexity index is 1020. The van der Waals surface area contributed by atoms with E-state index in [0.29, 0.717) is 11.5 Å². The van der Waals surface area contributed by atoms with Crippen molar-refractivity contribution in [1.82, 2.24) is 14.5 Å². The molecule has 0 saturated carbocycles. The summed E-state index contributed by atoms with van der Waals surface area (Å²) in [5.41, 5.74) is 7.74. The van der Waals surface area contributed by atoms with Gasteiger partial charge in [0.15, 0.2) is 5.76 Å². The van der Waals surface area contributed by atoms with Crippen LogP contribution in [0, 0.1) is 0 Å². The Morgan fingerprint density at radius 1 is 1.24 bits per heavy atom. The summed E-state index contributed by atoms with van der Waals surface area (Å²) < 4.78 is 38.5. The fraction of sp³-hybridized carbons (Fsp3) is 0.0714. The molecule has 25 heavy (non-hydrogen) atoms. The predicted octanol–water partition coefficient (Wildman–Crippen LogP) is 1.03. The van der Waals surface area contributed by atoms with Gasteiger partial charge in [0, 0.05) is 36.6 Å². The molecule has 0 aliphatic heterocycles. The molecule has 0 radical (unpaired) electrons. The van der Waals surface area contributed by atoms with Crippen LogP contribution in [0.15, 0.2) is 52.1 Å². The first-order valence-corrected chi connectivity index (χ1v) is 8.08. The third-order valence-corrected chi connectivity index (χ3v) is 2.96. The summed E-state index contributed by atoms with van der Waals surface area (Å²) in [5, 5.41) is 0. The topological polar surface area (TPSA) is 162 Å². The van der Waals surface area contributed by atoms with Gasteiger partial charge in [-0.3, -0.25) is 13.9 Å². The zero-order chi connectivity index (χ0) is 18.6. The van der Waals surface area contributed by atoms with Gasteiger partial charge >= 0.3 is 10.4 Å². The SMILES string of the molecule is Cn1cc(-c2cnc(N)nc2-c2ccco2)ccc1=O.O=S(=O)(O)O. The molecular formula is C14H14N4O6S. The summed E-state index contributed by atoms with van der Waals surface area (Å²) in [6.45, 7) is 0. The lowest BCUT2D eigenvalue weighted by atomic mass is 10.1. The number of pyridine rings is 1. The Labute approximate surface area is 142 Å². The van der Waals surface area contributed by atoms with Gasteiger partial charge in [-0.2, -0.15) is 8.42 Å². The van der Waals surface area contributed by atoms with Crippen molar-refractivity contribution >= 4 is 16.3 Å². The largest absolute Gasteiger partial charge is 0.463 e. The summed E-state index contributed by atoms with van der Waals surface area (Å²) in [6.07, 6.45) is 4.92. The molecule has 0 unspecified atom stereocenters. The Morgan fingerprint density at radius 2 is 1.92 bits per heavy atom. The van der Waals surface area contributed by atoms with E-state index in [2.05, 4.69) is 9.97 Å². The third-order valence-electron chi connectivity index (χ3n) is 2.96. The molecule has 0 aromatic carbocycles. The maximum absolute atomic E-state index is 11.5. The highest BCUT2D eigenvalue weighted by atomic mass is 32.3. The maximum atomic E-state index is 11.5. The number of nitrogen functional groups attached to an aromatic ring is 1. The highest BCUT2D eigenvalue weighted by Crippen LogP contribution is 2.29. The fourth-order valence-corrected chi connectivity index (χ4v) is 1.96. The van der Waals surface area contributed by atoms with Gasteiger partial charge in [0.2, 0.25) is 11.5 Å². The van der Waals surface area contributed by atoms with Crippen molar-refractivity contribution in [2.45, 2.75) is 0 Å². The van der Waals surface area contributed by atoms with E-state index in [0.717, 1.165) is 11.1 Å². The van der Waals surface area contributed by atoms with Crippen molar-refractivity contribution < 1.29 is 21.9 Å². The van der Waals surface area contributed by atoms with Crippen LogP contribution < -0.4 is 11.3 Å². The Morgan fingerprint density at radius 3 is 2.48 bits per heavy atom. The molecule has 0 aliphatic carbocycles. The van der Waals surface area contributed by atoms with Gasteiger partial charge in [0.25, 0.3) is 0 Å². The van der Waals surface area contributed by atoms with Crippen molar-refractivity contribution in [2.24, 2.45) is 7.05 Å². The number of aryl methyl sites for hydroxylation is 1. The molecule has 3 heterocycles. The van der Waals surface area contributed by atoms with Gasteiger partial charge in [0.1, 0.15) is 5.69 Å². The summed E-state index contributed by atoms with van der Waals surface area (Å²) in [7, 11) is -2.98. The molecule has 4 N–H and O–H groups in total. The average Bonchev–Trinajstić information content (AvgIpc) is 3.03.